The largest absolute Gasteiger partial charge is 0.384 e. The lowest BCUT2D eigenvalue weighted by Gasteiger charge is -2.36. The first-order valence-corrected chi connectivity index (χ1v) is 7.43. The van der Waals surface area contributed by atoms with Crippen molar-refractivity contribution in [1.29, 1.82) is 0 Å². The minimum atomic E-state index is -0.00398. The molecular formula is C15H18N4O2. The second-order valence-corrected chi connectivity index (χ2v) is 5.83. The second kappa shape index (κ2) is 4.65. The highest BCUT2D eigenvalue weighted by molar-refractivity contribution is 5.95. The van der Waals surface area contributed by atoms with Gasteiger partial charge in [0, 0.05) is 44.0 Å². The molecule has 2 fully saturated rings. The average Bonchev–Trinajstić information content (AvgIpc) is 3.12. The molecule has 110 valence electrons. The summed E-state index contributed by atoms with van der Waals surface area (Å²) in [6.07, 6.45) is 0.977. The fourth-order valence-electron chi connectivity index (χ4n) is 3.41. The lowest BCUT2D eigenvalue weighted by Crippen LogP contribution is -2.53. The molecule has 0 aromatic heterocycles. The zero-order chi connectivity index (χ0) is 14.4. The van der Waals surface area contributed by atoms with Crippen LogP contribution in [0, 0.1) is 0 Å². The molecule has 0 bridgehead atoms. The first kappa shape index (κ1) is 12.5. The highest BCUT2D eigenvalue weighted by atomic mass is 16.2. The topological polar surface area (TPSA) is 64.7 Å². The standard InChI is InChI=1S/C15H18N4O2/c20-14(11-1-2-13-10(7-11)3-4-16-13)18-5-6-19-12(9-18)8-17-15(19)21/h1-2,7,12,16H,3-6,8-9H2,(H,17,21). The fraction of sp³-hybridized carbons (Fsp3) is 0.467. The maximum Gasteiger partial charge on any atom is 0.317 e. The molecule has 3 amide bonds. The van der Waals surface area contributed by atoms with Crippen LogP contribution in [0.15, 0.2) is 18.2 Å². The average molecular weight is 286 g/mol. The van der Waals surface area contributed by atoms with Gasteiger partial charge in [-0.1, -0.05) is 0 Å². The van der Waals surface area contributed by atoms with Crippen LogP contribution in [0.4, 0.5) is 10.5 Å². The molecule has 6 heteroatoms. The van der Waals surface area contributed by atoms with E-state index in [-0.39, 0.29) is 18.0 Å². The van der Waals surface area contributed by atoms with Crippen LogP contribution in [0.1, 0.15) is 15.9 Å². The van der Waals surface area contributed by atoms with Gasteiger partial charge in [-0.3, -0.25) is 4.79 Å². The Bertz CT molecular complexity index is 616. The van der Waals surface area contributed by atoms with Crippen LogP contribution in [0.3, 0.4) is 0 Å². The Morgan fingerprint density at radius 2 is 2.14 bits per heavy atom. The Kier molecular flexibility index (Phi) is 2.77. The Balaban J connectivity index is 1.52. The summed E-state index contributed by atoms with van der Waals surface area (Å²) in [6.45, 7) is 3.43. The summed E-state index contributed by atoms with van der Waals surface area (Å²) >= 11 is 0. The van der Waals surface area contributed by atoms with Crippen molar-refractivity contribution >= 4 is 17.6 Å². The lowest BCUT2D eigenvalue weighted by molar-refractivity contribution is 0.0617. The molecule has 3 heterocycles. The second-order valence-electron chi connectivity index (χ2n) is 5.83. The number of urea groups is 1. The smallest absolute Gasteiger partial charge is 0.317 e. The minimum Gasteiger partial charge on any atom is -0.384 e. The van der Waals surface area contributed by atoms with E-state index in [1.165, 1.54) is 5.56 Å². The van der Waals surface area contributed by atoms with Crippen molar-refractivity contribution in [3.8, 4) is 0 Å². The van der Waals surface area contributed by atoms with E-state index in [4.69, 9.17) is 0 Å². The highest BCUT2D eigenvalue weighted by Gasteiger charge is 2.37. The number of amides is 3. The third-order valence-corrected chi connectivity index (χ3v) is 4.58. The van der Waals surface area contributed by atoms with E-state index >= 15 is 0 Å². The van der Waals surface area contributed by atoms with E-state index in [2.05, 4.69) is 10.6 Å². The van der Waals surface area contributed by atoms with Gasteiger partial charge < -0.3 is 20.4 Å². The van der Waals surface area contributed by atoms with E-state index in [1.54, 1.807) is 0 Å². The molecule has 0 aliphatic carbocycles. The predicted molar refractivity (Wildman–Crippen MR) is 78.4 cm³/mol. The SMILES string of the molecule is O=C(c1ccc2c(c1)CCN2)N1CCN2C(=O)NCC2C1. The summed E-state index contributed by atoms with van der Waals surface area (Å²) in [7, 11) is 0. The van der Waals surface area contributed by atoms with Crippen LogP contribution in [-0.4, -0.2) is 60.5 Å². The quantitative estimate of drug-likeness (QED) is 0.790. The van der Waals surface area contributed by atoms with Crippen LogP contribution in [0.2, 0.25) is 0 Å². The molecule has 0 saturated carbocycles. The molecule has 6 nitrogen and oxygen atoms in total. The van der Waals surface area contributed by atoms with Crippen LogP contribution < -0.4 is 10.6 Å². The summed E-state index contributed by atoms with van der Waals surface area (Å²) in [4.78, 5) is 27.9. The van der Waals surface area contributed by atoms with Gasteiger partial charge in [-0.25, -0.2) is 4.79 Å². The van der Waals surface area contributed by atoms with Crippen LogP contribution >= 0.6 is 0 Å². The van der Waals surface area contributed by atoms with Crippen molar-refractivity contribution in [2.75, 3.05) is 38.0 Å². The van der Waals surface area contributed by atoms with Gasteiger partial charge in [0.2, 0.25) is 0 Å². The number of nitrogens with one attached hydrogen (secondary N) is 2. The number of fused-ring (bicyclic) bond motifs is 2. The number of piperazine rings is 1. The molecule has 2 saturated heterocycles. The number of nitrogens with zero attached hydrogens (tertiary/aromatic N) is 2. The van der Waals surface area contributed by atoms with Crippen molar-refractivity contribution in [1.82, 2.24) is 15.1 Å². The van der Waals surface area contributed by atoms with Gasteiger partial charge in [0.25, 0.3) is 5.91 Å². The molecular weight excluding hydrogens is 268 g/mol. The first-order valence-electron chi connectivity index (χ1n) is 7.43. The molecule has 1 aromatic rings. The van der Waals surface area contributed by atoms with E-state index in [0.29, 0.717) is 26.2 Å². The molecule has 1 atom stereocenters. The maximum atomic E-state index is 12.7. The monoisotopic (exact) mass is 286 g/mol. The van der Waals surface area contributed by atoms with Crippen molar-refractivity contribution in [2.24, 2.45) is 0 Å². The summed E-state index contributed by atoms with van der Waals surface area (Å²) < 4.78 is 0. The van der Waals surface area contributed by atoms with Crippen molar-refractivity contribution < 1.29 is 9.59 Å². The zero-order valence-electron chi connectivity index (χ0n) is 11.8. The molecule has 1 unspecified atom stereocenters. The van der Waals surface area contributed by atoms with Crippen molar-refractivity contribution in [3.63, 3.8) is 0 Å². The van der Waals surface area contributed by atoms with E-state index < -0.39 is 0 Å². The van der Waals surface area contributed by atoms with Gasteiger partial charge in [0.05, 0.1) is 6.04 Å². The Morgan fingerprint density at radius 1 is 1.24 bits per heavy atom. The van der Waals surface area contributed by atoms with Gasteiger partial charge >= 0.3 is 6.03 Å². The molecule has 3 aliphatic heterocycles. The Morgan fingerprint density at radius 3 is 3.05 bits per heavy atom. The normalized spacial score (nSPS) is 23.4. The molecule has 0 radical (unpaired) electrons. The number of anilines is 1. The number of hydrogen-bond acceptors (Lipinski definition) is 3. The van der Waals surface area contributed by atoms with Gasteiger partial charge in [-0.2, -0.15) is 0 Å². The van der Waals surface area contributed by atoms with Gasteiger partial charge in [0.1, 0.15) is 0 Å². The Hall–Kier alpha value is -2.24. The third-order valence-electron chi connectivity index (χ3n) is 4.58. The minimum absolute atomic E-state index is 0.00398. The summed E-state index contributed by atoms with van der Waals surface area (Å²) in [5.74, 6) is 0.0729. The molecule has 1 aromatic carbocycles. The van der Waals surface area contributed by atoms with Crippen LogP contribution in [0.25, 0.3) is 0 Å². The molecule has 3 aliphatic rings. The maximum absolute atomic E-state index is 12.7. The summed E-state index contributed by atoms with van der Waals surface area (Å²) in [5.41, 5.74) is 3.11. The summed E-state index contributed by atoms with van der Waals surface area (Å²) in [5, 5.41) is 6.14. The summed E-state index contributed by atoms with van der Waals surface area (Å²) in [6, 6.07) is 6.00. The fourth-order valence-corrected chi connectivity index (χ4v) is 3.41. The Labute approximate surface area is 123 Å². The number of rotatable bonds is 1. The molecule has 4 rings (SSSR count). The zero-order valence-corrected chi connectivity index (χ0v) is 11.8. The van der Waals surface area contributed by atoms with E-state index in [1.807, 2.05) is 28.0 Å². The number of carbonyl (C=O) groups excluding carboxylic acids is 2. The van der Waals surface area contributed by atoms with E-state index in [9.17, 15) is 9.59 Å². The van der Waals surface area contributed by atoms with Gasteiger partial charge in [-0.05, 0) is 30.2 Å². The molecule has 0 spiro atoms. The molecule has 21 heavy (non-hydrogen) atoms. The van der Waals surface area contributed by atoms with E-state index in [0.717, 1.165) is 24.2 Å². The number of hydrogen-bond donors (Lipinski definition) is 2. The van der Waals surface area contributed by atoms with Crippen molar-refractivity contribution in [3.05, 3.63) is 29.3 Å². The molecule has 2 N–H and O–H groups in total. The van der Waals surface area contributed by atoms with Crippen LogP contribution in [-0.2, 0) is 6.42 Å². The van der Waals surface area contributed by atoms with Crippen LogP contribution in [0.5, 0.6) is 0 Å². The lowest BCUT2D eigenvalue weighted by atomic mass is 10.1. The van der Waals surface area contributed by atoms with Gasteiger partial charge in [0.15, 0.2) is 0 Å². The third kappa shape index (κ3) is 2.02. The van der Waals surface area contributed by atoms with Gasteiger partial charge in [-0.15, -0.1) is 0 Å². The number of benzene rings is 1. The first-order chi connectivity index (χ1) is 10.2. The van der Waals surface area contributed by atoms with Crippen molar-refractivity contribution in [2.45, 2.75) is 12.5 Å². The highest BCUT2D eigenvalue weighted by Crippen LogP contribution is 2.24. The number of carbonyl (C=O) groups is 2. The predicted octanol–water partition coefficient (Wildman–Crippen LogP) is 0.504.